The molecular formula is C11H15N3O. The van der Waals surface area contributed by atoms with Crippen molar-refractivity contribution in [2.24, 2.45) is 4.99 Å². The molecule has 2 amide bonds. The monoisotopic (exact) mass is 205 g/mol. The normalized spacial score (nSPS) is 23.3. The average Bonchev–Trinajstić information content (AvgIpc) is 2.59. The summed E-state index contributed by atoms with van der Waals surface area (Å²) < 4.78 is 0. The van der Waals surface area contributed by atoms with Crippen molar-refractivity contribution in [1.82, 2.24) is 10.6 Å². The van der Waals surface area contributed by atoms with E-state index >= 15 is 0 Å². The van der Waals surface area contributed by atoms with Crippen molar-refractivity contribution in [2.45, 2.75) is 19.4 Å². The van der Waals surface area contributed by atoms with Gasteiger partial charge in [-0.05, 0) is 24.6 Å². The molecule has 2 aliphatic rings. The summed E-state index contributed by atoms with van der Waals surface area (Å²) in [5.74, 6) is 0. The predicted molar refractivity (Wildman–Crippen MR) is 60.1 cm³/mol. The number of amides is 2. The highest BCUT2D eigenvalue weighted by atomic mass is 16.2. The van der Waals surface area contributed by atoms with Crippen molar-refractivity contribution in [2.75, 3.05) is 13.1 Å². The van der Waals surface area contributed by atoms with Crippen molar-refractivity contribution in [3.05, 3.63) is 23.8 Å². The lowest BCUT2D eigenvalue weighted by molar-refractivity contribution is 0.251. The van der Waals surface area contributed by atoms with Crippen LogP contribution in [0.2, 0.25) is 0 Å². The summed E-state index contributed by atoms with van der Waals surface area (Å²) in [6.45, 7) is 3.93. The van der Waals surface area contributed by atoms with Gasteiger partial charge in [0.2, 0.25) is 0 Å². The van der Waals surface area contributed by atoms with Gasteiger partial charge in [-0.15, -0.1) is 0 Å². The van der Waals surface area contributed by atoms with E-state index in [9.17, 15) is 4.79 Å². The number of hydrogen-bond donors (Lipinski definition) is 2. The highest BCUT2D eigenvalue weighted by Crippen LogP contribution is 2.15. The molecule has 1 unspecified atom stereocenters. The third-order valence-corrected chi connectivity index (χ3v) is 2.50. The molecule has 4 heteroatoms. The SMILES string of the molecule is CCCNCC1=CC=CC2=NC(=O)NC12. The summed E-state index contributed by atoms with van der Waals surface area (Å²) in [6.07, 6.45) is 6.98. The van der Waals surface area contributed by atoms with Gasteiger partial charge in [-0.1, -0.05) is 19.1 Å². The molecule has 0 saturated heterocycles. The Bertz CT molecular complexity index is 355. The summed E-state index contributed by atoms with van der Waals surface area (Å²) in [5, 5.41) is 6.15. The highest BCUT2D eigenvalue weighted by Gasteiger charge is 2.28. The van der Waals surface area contributed by atoms with Crippen LogP contribution in [0.25, 0.3) is 0 Å². The van der Waals surface area contributed by atoms with Crippen molar-refractivity contribution in [3.63, 3.8) is 0 Å². The largest absolute Gasteiger partial charge is 0.342 e. The number of carbonyl (C=O) groups excluding carboxylic acids is 1. The van der Waals surface area contributed by atoms with Gasteiger partial charge in [-0.3, -0.25) is 0 Å². The Balaban J connectivity index is 2.01. The number of nitrogens with one attached hydrogen (secondary N) is 2. The van der Waals surface area contributed by atoms with Crippen LogP contribution in [0.5, 0.6) is 0 Å². The number of urea groups is 1. The highest BCUT2D eigenvalue weighted by molar-refractivity contribution is 6.13. The van der Waals surface area contributed by atoms with Crippen LogP contribution in [0.3, 0.4) is 0 Å². The van der Waals surface area contributed by atoms with E-state index in [1.165, 1.54) is 5.57 Å². The van der Waals surface area contributed by atoms with Crippen LogP contribution in [0, 0.1) is 0 Å². The molecule has 80 valence electrons. The van der Waals surface area contributed by atoms with Gasteiger partial charge in [0.1, 0.15) is 0 Å². The van der Waals surface area contributed by atoms with Gasteiger partial charge in [0.05, 0.1) is 11.8 Å². The molecule has 0 fully saturated rings. The summed E-state index contributed by atoms with van der Waals surface area (Å²) in [6, 6.07) is -0.241. The molecule has 1 atom stereocenters. The summed E-state index contributed by atoms with van der Waals surface area (Å²) in [5.41, 5.74) is 2.01. The Kier molecular flexibility index (Phi) is 2.97. The molecule has 0 radical (unpaired) electrons. The molecule has 0 aromatic rings. The number of allylic oxidation sites excluding steroid dienone is 2. The molecule has 0 bridgehead atoms. The van der Waals surface area contributed by atoms with Crippen LogP contribution in [0.15, 0.2) is 28.8 Å². The quantitative estimate of drug-likeness (QED) is 0.673. The molecule has 0 aromatic heterocycles. The molecule has 2 N–H and O–H groups in total. The zero-order valence-corrected chi connectivity index (χ0v) is 8.79. The van der Waals surface area contributed by atoms with E-state index in [1.54, 1.807) is 0 Å². The Hall–Kier alpha value is -1.42. The third-order valence-electron chi connectivity index (χ3n) is 2.50. The lowest BCUT2D eigenvalue weighted by Crippen LogP contribution is -2.38. The summed E-state index contributed by atoms with van der Waals surface area (Å²) in [4.78, 5) is 15.0. The first-order valence-electron chi connectivity index (χ1n) is 5.28. The van der Waals surface area contributed by atoms with Crippen LogP contribution >= 0.6 is 0 Å². The van der Waals surface area contributed by atoms with E-state index in [-0.39, 0.29) is 12.1 Å². The average molecular weight is 205 g/mol. The standard InChI is InChI=1S/C11H15N3O/c1-2-6-12-7-8-4-3-5-9-10(8)14-11(15)13-9/h3-5,10,12H,2,6-7H2,1H3,(H,14,15). The molecule has 1 heterocycles. The molecule has 0 aromatic carbocycles. The van der Waals surface area contributed by atoms with E-state index in [4.69, 9.17) is 0 Å². The minimum atomic E-state index is -0.233. The van der Waals surface area contributed by atoms with Gasteiger partial charge in [-0.2, -0.15) is 4.99 Å². The van der Waals surface area contributed by atoms with Crippen LogP contribution in [-0.2, 0) is 0 Å². The summed E-state index contributed by atoms with van der Waals surface area (Å²) in [7, 11) is 0. The fourth-order valence-corrected chi connectivity index (χ4v) is 1.76. The van der Waals surface area contributed by atoms with E-state index in [0.717, 1.165) is 25.2 Å². The number of aliphatic imine (C=N–C) groups is 1. The zero-order valence-electron chi connectivity index (χ0n) is 8.79. The number of fused-ring (bicyclic) bond motifs is 1. The van der Waals surface area contributed by atoms with Gasteiger partial charge in [-0.25, -0.2) is 4.79 Å². The maximum atomic E-state index is 11.1. The maximum absolute atomic E-state index is 11.1. The molecule has 0 spiro atoms. The fraction of sp³-hybridized carbons (Fsp3) is 0.455. The zero-order chi connectivity index (χ0) is 10.7. The smallest absolute Gasteiger partial charge is 0.324 e. The Morgan fingerprint density at radius 1 is 1.60 bits per heavy atom. The summed E-state index contributed by atoms with van der Waals surface area (Å²) >= 11 is 0. The number of carbonyl (C=O) groups is 1. The predicted octanol–water partition coefficient (Wildman–Crippen LogP) is 1.01. The molecule has 1 aliphatic carbocycles. The third kappa shape index (κ3) is 2.15. The lowest BCUT2D eigenvalue weighted by Gasteiger charge is -2.18. The van der Waals surface area contributed by atoms with Gasteiger partial charge >= 0.3 is 6.03 Å². The van der Waals surface area contributed by atoms with E-state index in [2.05, 4.69) is 22.5 Å². The molecule has 15 heavy (non-hydrogen) atoms. The molecular weight excluding hydrogens is 190 g/mol. The minimum absolute atomic E-state index is 0.00754. The van der Waals surface area contributed by atoms with Crippen molar-refractivity contribution in [3.8, 4) is 0 Å². The Morgan fingerprint density at radius 3 is 3.27 bits per heavy atom. The minimum Gasteiger partial charge on any atom is -0.324 e. The van der Waals surface area contributed by atoms with Crippen molar-refractivity contribution in [1.29, 1.82) is 0 Å². The number of hydrogen-bond acceptors (Lipinski definition) is 2. The second-order valence-corrected chi connectivity index (χ2v) is 3.70. The van der Waals surface area contributed by atoms with E-state index in [1.807, 2.05) is 18.2 Å². The number of nitrogens with zero attached hydrogens (tertiary/aromatic N) is 1. The lowest BCUT2D eigenvalue weighted by atomic mass is 9.98. The Labute approximate surface area is 89.2 Å². The second kappa shape index (κ2) is 4.40. The van der Waals surface area contributed by atoms with Crippen molar-refractivity contribution < 1.29 is 4.79 Å². The topological polar surface area (TPSA) is 53.5 Å². The van der Waals surface area contributed by atoms with Crippen LogP contribution in [-0.4, -0.2) is 30.9 Å². The van der Waals surface area contributed by atoms with Crippen LogP contribution in [0.1, 0.15) is 13.3 Å². The second-order valence-electron chi connectivity index (χ2n) is 3.70. The molecule has 4 nitrogen and oxygen atoms in total. The molecule has 2 rings (SSSR count). The van der Waals surface area contributed by atoms with Crippen LogP contribution < -0.4 is 10.6 Å². The van der Waals surface area contributed by atoms with Gasteiger partial charge in [0.15, 0.2) is 0 Å². The van der Waals surface area contributed by atoms with Crippen molar-refractivity contribution >= 4 is 11.7 Å². The van der Waals surface area contributed by atoms with Gasteiger partial charge < -0.3 is 10.6 Å². The van der Waals surface area contributed by atoms with E-state index in [0.29, 0.717) is 0 Å². The maximum Gasteiger partial charge on any atom is 0.342 e. The first-order chi connectivity index (χ1) is 7.31. The number of rotatable bonds is 4. The van der Waals surface area contributed by atoms with E-state index < -0.39 is 0 Å². The van der Waals surface area contributed by atoms with Crippen LogP contribution in [0.4, 0.5) is 4.79 Å². The van der Waals surface area contributed by atoms with Gasteiger partial charge in [0.25, 0.3) is 0 Å². The molecule has 0 saturated carbocycles. The first kappa shape index (κ1) is 10.1. The first-order valence-corrected chi connectivity index (χ1v) is 5.28. The Morgan fingerprint density at radius 2 is 2.47 bits per heavy atom. The molecule has 1 aliphatic heterocycles. The van der Waals surface area contributed by atoms with Gasteiger partial charge in [0, 0.05) is 6.54 Å². The fourth-order valence-electron chi connectivity index (χ4n) is 1.76.